The van der Waals surface area contributed by atoms with Crippen molar-refractivity contribution < 1.29 is 9.90 Å². The van der Waals surface area contributed by atoms with Crippen molar-refractivity contribution in [3.63, 3.8) is 0 Å². The highest BCUT2D eigenvalue weighted by Gasteiger charge is 2.26. The van der Waals surface area contributed by atoms with Crippen LogP contribution in [0.4, 0.5) is 10.5 Å². The number of nitrogens with zero attached hydrogens (tertiary/aromatic N) is 2. The first-order valence-electron chi connectivity index (χ1n) is 8.05. The van der Waals surface area contributed by atoms with E-state index in [0.717, 1.165) is 31.4 Å². The summed E-state index contributed by atoms with van der Waals surface area (Å²) in [6.07, 6.45) is 7.62. The molecule has 3 N–H and O–H groups in total. The number of anilines is 1. The Morgan fingerprint density at radius 2 is 2.09 bits per heavy atom. The van der Waals surface area contributed by atoms with Gasteiger partial charge in [0, 0.05) is 31.0 Å². The summed E-state index contributed by atoms with van der Waals surface area (Å²) in [5.74, 6) is 0.149. The number of amides is 2. The lowest BCUT2D eigenvalue weighted by Gasteiger charge is -2.30. The van der Waals surface area contributed by atoms with Gasteiger partial charge in [-0.1, -0.05) is 25.0 Å². The number of carbonyl (C=O) groups excluding carboxylic acids is 1. The zero-order chi connectivity index (χ0) is 16.1. The number of benzene rings is 1. The predicted octanol–water partition coefficient (Wildman–Crippen LogP) is 2.54. The molecule has 2 amide bonds. The van der Waals surface area contributed by atoms with Crippen LogP contribution in [-0.2, 0) is 0 Å². The maximum atomic E-state index is 12.3. The number of rotatable bonds is 4. The number of hydrogen-bond donors (Lipinski definition) is 3. The quantitative estimate of drug-likeness (QED) is 0.811. The van der Waals surface area contributed by atoms with Gasteiger partial charge < -0.3 is 15.7 Å². The summed E-state index contributed by atoms with van der Waals surface area (Å²) in [7, 11) is 0. The fraction of sp³-hybridized carbons (Fsp3) is 0.412. The average molecular weight is 314 g/mol. The van der Waals surface area contributed by atoms with Crippen LogP contribution in [0.25, 0.3) is 5.69 Å². The van der Waals surface area contributed by atoms with Crippen LogP contribution in [0.1, 0.15) is 25.7 Å². The minimum atomic E-state index is -0.241. The average Bonchev–Trinajstić information content (AvgIpc) is 3.10. The molecule has 2 atom stereocenters. The van der Waals surface area contributed by atoms with Crippen LogP contribution in [0, 0.1) is 5.92 Å². The third-order valence-corrected chi connectivity index (χ3v) is 4.36. The molecule has 2 aromatic rings. The molecular formula is C17H22N4O2. The molecule has 6 heteroatoms. The van der Waals surface area contributed by atoms with Crippen molar-refractivity contribution >= 4 is 11.7 Å². The summed E-state index contributed by atoms with van der Waals surface area (Å²) in [6.45, 7) is 0.120. The SMILES string of the molecule is O=C(Nc1ccccc1-n1cccn1)NC1CCCCC1CO. The molecule has 23 heavy (non-hydrogen) atoms. The molecule has 0 radical (unpaired) electrons. The van der Waals surface area contributed by atoms with Gasteiger partial charge in [-0.05, 0) is 31.0 Å². The second kappa shape index (κ2) is 7.28. The van der Waals surface area contributed by atoms with E-state index in [-0.39, 0.29) is 24.6 Å². The van der Waals surface area contributed by atoms with Crippen molar-refractivity contribution in [1.82, 2.24) is 15.1 Å². The van der Waals surface area contributed by atoms with E-state index in [1.807, 2.05) is 36.5 Å². The van der Waals surface area contributed by atoms with E-state index >= 15 is 0 Å². The Balaban J connectivity index is 1.69. The van der Waals surface area contributed by atoms with E-state index in [4.69, 9.17) is 0 Å². The number of nitrogens with one attached hydrogen (secondary N) is 2. The Bertz CT molecular complexity index is 642. The first-order valence-corrected chi connectivity index (χ1v) is 8.05. The molecule has 1 heterocycles. The van der Waals surface area contributed by atoms with Crippen molar-refractivity contribution in [2.45, 2.75) is 31.7 Å². The maximum Gasteiger partial charge on any atom is 0.319 e. The molecule has 1 aliphatic rings. The number of aromatic nitrogens is 2. The first-order chi connectivity index (χ1) is 11.3. The minimum Gasteiger partial charge on any atom is -0.396 e. The molecule has 1 saturated carbocycles. The zero-order valence-corrected chi connectivity index (χ0v) is 13.0. The van der Waals surface area contributed by atoms with Gasteiger partial charge in [0.2, 0.25) is 0 Å². The van der Waals surface area contributed by atoms with Gasteiger partial charge in [-0.25, -0.2) is 9.48 Å². The fourth-order valence-electron chi connectivity index (χ4n) is 3.13. The van der Waals surface area contributed by atoms with Crippen molar-refractivity contribution in [3.05, 3.63) is 42.7 Å². The van der Waals surface area contributed by atoms with Crippen molar-refractivity contribution in [1.29, 1.82) is 0 Å². The summed E-state index contributed by atoms with van der Waals surface area (Å²) < 4.78 is 1.72. The number of aliphatic hydroxyl groups is 1. The third-order valence-electron chi connectivity index (χ3n) is 4.36. The molecule has 0 aliphatic heterocycles. The van der Waals surface area contributed by atoms with Crippen molar-refractivity contribution in [2.75, 3.05) is 11.9 Å². The van der Waals surface area contributed by atoms with Gasteiger partial charge in [0.15, 0.2) is 0 Å². The number of carbonyl (C=O) groups is 1. The monoisotopic (exact) mass is 314 g/mol. The maximum absolute atomic E-state index is 12.3. The highest BCUT2D eigenvalue weighted by Crippen LogP contribution is 2.24. The summed E-state index contributed by atoms with van der Waals surface area (Å²) in [5.41, 5.74) is 1.51. The molecule has 0 bridgehead atoms. The van der Waals surface area contributed by atoms with Crippen LogP contribution in [-0.4, -0.2) is 33.6 Å². The van der Waals surface area contributed by atoms with Gasteiger partial charge >= 0.3 is 6.03 Å². The number of aliphatic hydroxyl groups excluding tert-OH is 1. The second-order valence-corrected chi connectivity index (χ2v) is 5.90. The Labute approximate surface area is 135 Å². The second-order valence-electron chi connectivity index (χ2n) is 5.90. The van der Waals surface area contributed by atoms with Gasteiger partial charge in [-0.2, -0.15) is 5.10 Å². The number of urea groups is 1. The summed E-state index contributed by atoms with van der Waals surface area (Å²) >= 11 is 0. The van der Waals surface area contributed by atoms with Crippen molar-refractivity contribution in [3.8, 4) is 5.69 Å². The summed E-state index contributed by atoms with van der Waals surface area (Å²) in [4.78, 5) is 12.3. The molecule has 1 aliphatic carbocycles. The lowest BCUT2D eigenvalue weighted by atomic mass is 9.85. The molecule has 6 nitrogen and oxygen atoms in total. The fourth-order valence-corrected chi connectivity index (χ4v) is 3.13. The van der Waals surface area contributed by atoms with Crippen LogP contribution in [0.3, 0.4) is 0 Å². The van der Waals surface area contributed by atoms with Gasteiger partial charge in [-0.3, -0.25) is 0 Å². The highest BCUT2D eigenvalue weighted by molar-refractivity contribution is 5.91. The van der Waals surface area contributed by atoms with Crippen LogP contribution in [0.2, 0.25) is 0 Å². The van der Waals surface area contributed by atoms with E-state index in [1.54, 1.807) is 10.9 Å². The van der Waals surface area contributed by atoms with Gasteiger partial charge in [0.1, 0.15) is 0 Å². The van der Waals surface area contributed by atoms with Crippen LogP contribution in [0.15, 0.2) is 42.7 Å². The van der Waals surface area contributed by atoms with Gasteiger partial charge in [0.25, 0.3) is 0 Å². The minimum absolute atomic E-state index is 0.0330. The van der Waals surface area contributed by atoms with E-state index in [9.17, 15) is 9.90 Å². The Morgan fingerprint density at radius 3 is 2.87 bits per heavy atom. The van der Waals surface area contributed by atoms with Gasteiger partial charge in [0.05, 0.1) is 11.4 Å². The molecule has 1 fully saturated rings. The van der Waals surface area contributed by atoms with Crippen LogP contribution in [0.5, 0.6) is 0 Å². The largest absolute Gasteiger partial charge is 0.396 e. The zero-order valence-electron chi connectivity index (χ0n) is 13.0. The first kappa shape index (κ1) is 15.6. The van der Waals surface area contributed by atoms with Crippen LogP contribution >= 0.6 is 0 Å². The molecule has 0 saturated heterocycles. The molecule has 1 aromatic carbocycles. The molecule has 2 unspecified atom stereocenters. The number of hydrogen-bond acceptors (Lipinski definition) is 3. The summed E-state index contributed by atoms with van der Waals surface area (Å²) in [5, 5.41) is 19.6. The normalized spacial score (nSPS) is 20.9. The molecule has 122 valence electrons. The molecule has 1 aromatic heterocycles. The lowest BCUT2D eigenvalue weighted by Crippen LogP contribution is -2.45. The van der Waals surface area contributed by atoms with Crippen LogP contribution < -0.4 is 10.6 Å². The topological polar surface area (TPSA) is 79.2 Å². The Hall–Kier alpha value is -2.34. The highest BCUT2D eigenvalue weighted by atomic mass is 16.3. The molecule has 0 spiro atoms. The van der Waals surface area contributed by atoms with E-state index in [2.05, 4.69) is 15.7 Å². The predicted molar refractivity (Wildman–Crippen MR) is 88.6 cm³/mol. The van der Waals surface area contributed by atoms with E-state index < -0.39 is 0 Å². The molecular weight excluding hydrogens is 292 g/mol. The van der Waals surface area contributed by atoms with Crippen molar-refractivity contribution in [2.24, 2.45) is 5.92 Å². The van der Waals surface area contributed by atoms with E-state index in [0.29, 0.717) is 5.69 Å². The van der Waals surface area contributed by atoms with Gasteiger partial charge in [-0.15, -0.1) is 0 Å². The van der Waals surface area contributed by atoms with E-state index in [1.165, 1.54) is 0 Å². The third kappa shape index (κ3) is 3.71. The molecule has 3 rings (SSSR count). The standard InChI is InChI=1S/C17H22N4O2/c22-12-13-6-1-2-7-14(13)19-17(23)20-15-8-3-4-9-16(15)21-11-5-10-18-21/h3-5,8-11,13-14,22H,1-2,6-7,12H2,(H2,19,20,23). The smallest absolute Gasteiger partial charge is 0.319 e. The lowest BCUT2D eigenvalue weighted by molar-refractivity contribution is 0.156. The number of para-hydroxylation sites is 2. The summed E-state index contributed by atoms with van der Waals surface area (Å²) in [6, 6.07) is 9.16. The Kier molecular flexibility index (Phi) is 4.92. The Morgan fingerprint density at radius 1 is 1.26 bits per heavy atom.